The van der Waals surface area contributed by atoms with Gasteiger partial charge in [-0.1, -0.05) is 6.07 Å². The van der Waals surface area contributed by atoms with Crippen molar-refractivity contribution in [2.75, 3.05) is 0 Å². The number of carboxylic acid groups (broad SMARTS) is 1. The standard InChI is InChI=1S/C14H12FNO3/c1-9(11-3-2-6-16-8-11)19-13-5-4-10(14(17)18)7-12(13)15/h2-9H,1H3,(H,17,18). The third-order valence-corrected chi connectivity index (χ3v) is 2.64. The van der Waals surface area contributed by atoms with Crippen LogP contribution >= 0.6 is 0 Å². The van der Waals surface area contributed by atoms with Gasteiger partial charge in [0.15, 0.2) is 11.6 Å². The molecule has 5 heteroatoms. The predicted molar refractivity (Wildman–Crippen MR) is 66.6 cm³/mol. The molecule has 2 rings (SSSR count). The fraction of sp³-hybridized carbons (Fsp3) is 0.143. The lowest BCUT2D eigenvalue weighted by Crippen LogP contribution is -2.05. The SMILES string of the molecule is CC(Oc1ccc(C(=O)O)cc1F)c1cccnc1. The summed E-state index contributed by atoms with van der Waals surface area (Å²) in [6.45, 7) is 1.77. The maximum atomic E-state index is 13.7. The van der Waals surface area contributed by atoms with Crippen LogP contribution in [0.3, 0.4) is 0 Å². The molecule has 98 valence electrons. The van der Waals surface area contributed by atoms with E-state index in [2.05, 4.69) is 4.98 Å². The van der Waals surface area contributed by atoms with E-state index in [1.165, 1.54) is 12.1 Å². The van der Waals surface area contributed by atoms with Crippen LogP contribution in [-0.2, 0) is 0 Å². The minimum atomic E-state index is -1.18. The Balaban J connectivity index is 2.18. The lowest BCUT2D eigenvalue weighted by molar-refractivity contribution is 0.0696. The van der Waals surface area contributed by atoms with Gasteiger partial charge in [0.05, 0.1) is 5.56 Å². The van der Waals surface area contributed by atoms with Gasteiger partial charge in [-0.15, -0.1) is 0 Å². The first-order valence-corrected chi connectivity index (χ1v) is 5.67. The summed E-state index contributed by atoms with van der Waals surface area (Å²) in [5.41, 5.74) is 0.697. The zero-order chi connectivity index (χ0) is 13.8. The summed E-state index contributed by atoms with van der Waals surface area (Å²) < 4.78 is 19.1. The molecule has 1 aromatic heterocycles. The van der Waals surface area contributed by atoms with E-state index in [-0.39, 0.29) is 17.4 Å². The smallest absolute Gasteiger partial charge is 0.335 e. The fourth-order valence-electron chi connectivity index (χ4n) is 1.60. The van der Waals surface area contributed by atoms with Crippen LogP contribution in [-0.4, -0.2) is 16.1 Å². The Hall–Kier alpha value is -2.43. The summed E-state index contributed by atoms with van der Waals surface area (Å²) in [5.74, 6) is -1.86. The first-order valence-electron chi connectivity index (χ1n) is 5.67. The number of carbonyl (C=O) groups is 1. The van der Waals surface area contributed by atoms with Gasteiger partial charge in [-0.3, -0.25) is 4.98 Å². The van der Waals surface area contributed by atoms with Crippen LogP contribution < -0.4 is 4.74 Å². The highest BCUT2D eigenvalue weighted by molar-refractivity contribution is 5.87. The number of nitrogens with zero attached hydrogens (tertiary/aromatic N) is 1. The Morgan fingerprint density at radius 1 is 1.42 bits per heavy atom. The predicted octanol–water partition coefficient (Wildman–Crippen LogP) is 3.06. The Morgan fingerprint density at radius 2 is 2.21 bits per heavy atom. The summed E-state index contributed by atoms with van der Waals surface area (Å²) in [6, 6.07) is 7.14. The molecule has 4 nitrogen and oxygen atoms in total. The Kier molecular flexibility index (Phi) is 3.75. The quantitative estimate of drug-likeness (QED) is 0.918. The van der Waals surface area contributed by atoms with E-state index in [1.54, 1.807) is 25.4 Å². The van der Waals surface area contributed by atoms with Gasteiger partial charge < -0.3 is 9.84 Å². The van der Waals surface area contributed by atoms with Crippen LogP contribution in [0, 0.1) is 5.82 Å². The average Bonchev–Trinajstić information content (AvgIpc) is 2.41. The third-order valence-electron chi connectivity index (χ3n) is 2.64. The largest absolute Gasteiger partial charge is 0.483 e. The summed E-state index contributed by atoms with van der Waals surface area (Å²) in [5, 5.41) is 8.74. The molecule has 0 bridgehead atoms. The maximum absolute atomic E-state index is 13.7. The van der Waals surface area contributed by atoms with Crippen LogP contribution in [0.25, 0.3) is 0 Å². The number of ether oxygens (including phenoxy) is 1. The maximum Gasteiger partial charge on any atom is 0.335 e. The van der Waals surface area contributed by atoms with Gasteiger partial charge >= 0.3 is 5.97 Å². The van der Waals surface area contributed by atoms with Crippen molar-refractivity contribution in [3.63, 3.8) is 0 Å². The molecule has 0 radical (unpaired) electrons. The second kappa shape index (κ2) is 5.48. The van der Waals surface area contributed by atoms with Crippen LogP contribution in [0.1, 0.15) is 28.9 Å². The lowest BCUT2D eigenvalue weighted by Gasteiger charge is -2.15. The first-order chi connectivity index (χ1) is 9.08. The van der Waals surface area contributed by atoms with Gasteiger partial charge in [0.25, 0.3) is 0 Å². The normalized spacial score (nSPS) is 11.9. The second-order valence-electron chi connectivity index (χ2n) is 4.00. The molecule has 1 aromatic carbocycles. The second-order valence-corrected chi connectivity index (χ2v) is 4.00. The van der Waals surface area contributed by atoms with Crippen LogP contribution in [0.4, 0.5) is 4.39 Å². The Labute approximate surface area is 109 Å². The van der Waals surface area contributed by atoms with Crippen molar-refractivity contribution in [2.45, 2.75) is 13.0 Å². The minimum absolute atomic E-state index is 0.0151. The number of carboxylic acids is 1. The Morgan fingerprint density at radius 3 is 2.79 bits per heavy atom. The molecule has 0 saturated carbocycles. The summed E-state index contributed by atoms with van der Waals surface area (Å²) in [4.78, 5) is 14.6. The van der Waals surface area contributed by atoms with E-state index in [1.807, 2.05) is 6.07 Å². The monoisotopic (exact) mass is 261 g/mol. The van der Waals surface area contributed by atoms with Gasteiger partial charge in [0, 0.05) is 18.0 Å². The highest BCUT2D eigenvalue weighted by Gasteiger charge is 2.13. The van der Waals surface area contributed by atoms with E-state index in [4.69, 9.17) is 9.84 Å². The van der Waals surface area contributed by atoms with Crippen molar-refractivity contribution >= 4 is 5.97 Å². The number of halogens is 1. The third kappa shape index (κ3) is 3.07. The van der Waals surface area contributed by atoms with Gasteiger partial charge in [0.2, 0.25) is 0 Å². The molecule has 0 aliphatic rings. The van der Waals surface area contributed by atoms with E-state index >= 15 is 0 Å². The molecular weight excluding hydrogens is 249 g/mol. The van der Waals surface area contributed by atoms with Gasteiger partial charge in [0.1, 0.15) is 6.10 Å². The summed E-state index contributed by atoms with van der Waals surface area (Å²) >= 11 is 0. The number of benzene rings is 1. The molecule has 0 saturated heterocycles. The van der Waals surface area contributed by atoms with Crippen molar-refractivity contribution in [2.24, 2.45) is 0 Å². The molecule has 0 aliphatic carbocycles. The van der Waals surface area contributed by atoms with Crippen molar-refractivity contribution in [1.82, 2.24) is 4.98 Å². The highest BCUT2D eigenvalue weighted by atomic mass is 19.1. The van der Waals surface area contributed by atoms with Crippen molar-refractivity contribution < 1.29 is 19.0 Å². The first kappa shape index (κ1) is 13.0. The van der Waals surface area contributed by atoms with Gasteiger partial charge in [-0.05, 0) is 31.2 Å². The molecular formula is C14H12FNO3. The van der Waals surface area contributed by atoms with E-state index < -0.39 is 11.8 Å². The fourth-order valence-corrected chi connectivity index (χ4v) is 1.60. The average molecular weight is 261 g/mol. The number of aromatic nitrogens is 1. The lowest BCUT2D eigenvalue weighted by atomic mass is 10.2. The van der Waals surface area contributed by atoms with Crippen LogP contribution in [0.5, 0.6) is 5.75 Å². The van der Waals surface area contributed by atoms with Crippen molar-refractivity contribution in [1.29, 1.82) is 0 Å². The number of hydrogen-bond acceptors (Lipinski definition) is 3. The number of aromatic carboxylic acids is 1. The molecule has 0 aliphatic heterocycles. The summed E-state index contributed by atoms with van der Waals surface area (Å²) in [6.07, 6.45) is 2.89. The topological polar surface area (TPSA) is 59.4 Å². The summed E-state index contributed by atoms with van der Waals surface area (Å²) in [7, 11) is 0. The molecule has 1 heterocycles. The van der Waals surface area contributed by atoms with E-state index in [9.17, 15) is 9.18 Å². The van der Waals surface area contributed by atoms with E-state index in [0.717, 1.165) is 11.6 Å². The van der Waals surface area contributed by atoms with Gasteiger partial charge in [-0.2, -0.15) is 0 Å². The molecule has 0 fully saturated rings. The molecule has 1 unspecified atom stereocenters. The molecule has 1 atom stereocenters. The van der Waals surface area contributed by atoms with Crippen LogP contribution in [0.15, 0.2) is 42.7 Å². The van der Waals surface area contributed by atoms with Crippen molar-refractivity contribution in [3.8, 4) is 5.75 Å². The van der Waals surface area contributed by atoms with Gasteiger partial charge in [-0.25, -0.2) is 9.18 Å². The zero-order valence-corrected chi connectivity index (χ0v) is 10.2. The number of hydrogen-bond donors (Lipinski definition) is 1. The van der Waals surface area contributed by atoms with E-state index in [0.29, 0.717) is 0 Å². The molecule has 1 N–H and O–H groups in total. The molecule has 0 amide bonds. The molecule has 2 aromatic rings. The number of pyridine rings is 1. The molecule has 0 spiro atoms. The Bertz CT molecular complexity index is 586. The minimum Gasteiger partial charge on any atom is -0.483 e. The number of rotatable bonds is 4. The van der Waals surface area contributed by atoms with Crippen LogP contribution in [0.2, 0.25) is 0 Å². The van der Waals surface area contributed by atoms with Crippen molar-refractivity contribution in [3.05, 3.63) is 59.7 Å². The molecule has 19 heavy (non-hydrogen) atoms. The highest BCUT2D eigenvalue weighted by Crippen LogP contribution is 2.24. The zero-order valence-electron chi connectivity index (χ0n) is 10.2.